The minimum Gasteiger partial charge on any atom is -0.387 e. The molecule has 1 atom stereocenters. The summed E-state index contributed by atoms with van der Waals surface area (Å²) in [5, 5.41) is 12.0. The molecule has 1 aliphatic rings. The number of hydrogen-bond acceptors (Lipinski definition) is 5. The van der Waals surface area contributed by atoms with E-state index in [9.17, 15) is 5.11 Å². The van der Waals surface area contributed by atoms with Crippen LogP contribution in [0, 0.1) is 0 Å². The smallest absolute Gasteiger partial charge is 0.147 e. The summed E-state index contributed by atoms with van der Waals surface area (Å²) in [6.45, 7) is 7.34. The van der Waals surface area contributed by atoms with Gasteiger partial charge in [-0.25, -0.2) is 4.98 Å². The number of hydrogen-bond donors (Lipinski definition) is 1. The number of piperazine rings is 1. The van der Waals surface area contributed by atoms with Crippen molar-refractivity contribution in [1.82, 2.24) is 19.4 Å². The van der Waals surface area contributed by atoms with Crippen molar-refractivity contribution in [1.29, 1.82) is 0 Å². The van der Waals surface area contributed by atoms with Gasteiger partial charge in [0.25, 0.3) is 0 Å². The number of β-amino-alcohol motifs (C(OH)–C–C–N with tert-alkyl or cyclic N) is 1. The monoisotopic (exact) mass is 351 g/mol. The topological polar surface area (TPSA) is 57.4 Å². The lowest BCUT2D eigenvalue weighted by Crippen LogP contribution is -2.47. The number of anilines is 1. The zero-order chi connectivity index (χ0) is 17.9. The van der Waals surface area contributed by atoms with Gasteiger partial charge in [0.15, 0.2) is 0 Å². The molecule has 1 saturated heterocycles. The van der Waals surface area contributed by atoms with Crippen LogP contribution in [0.5, 0.6) is 0 Å². The van der Waals surface area contributed by atoms with Crippen molar-refractivity contribution in [2.45, 2.75) is 19.6 Å². The Kier molecular flexibility index (Phi) is 4.86. The summed E-state index contributed by atoms with van der Waals surface area (Å²) in [6.07, 6.45) is 6.86. The molecule has 1 aromatic carbocycles. The quantitative estimate of drug-likeness (QED) is 0.764. The first-order chi connectivity index (χ1) is 12.8. The lowest BCUT2D eigenvalue weighted by atomic mass is 10.1. The van der Waals surface area contributed by atoms with Gasteiger partial charge in [-0.2, -0.15) is 0 Å². The lowest BCUT2D eigenvalue weighted by molar-refractivity contribution is 0.110. The average Bonchev–Trinajstić information content (AvgIpc) is 3.08. The Labute approximate surface area is 153 Å². The van der Waals surface area contributed by atoms with Gasteiger partial charge in [-0.3, -0.25) is 9.88 Å². The van der Waals surface area contributed by atoms with Gasteiger partial charge in [0, 0.05) is 74.3 Å². The van der Waals surface area contributed by atoms with Gasteiger partial charge in [-0.15, -0.1) is 0 Å². The predicted octanol–water partition coefficient (Wildman–Crippen LogP) is 2.31. The fraction of sp³-hybridized carbons (Fsp3) is 0.400. The number of aliphatic hydroxyl groups is 1. The second kappa shape index (κ2) is 7.43. The van der Waals surface area contributed by atoms with Crippen LogP contribution >= 0.6 is 0 Å². The highest BCUT2D eigenvalue weighted by atomic mass is 16.3. The SMILES string of the molecule is CCn1cc([C@H](O)CN2CCN(c3cnccn3)CC2)c2ccccc21. The molecule has 1 fully saturated rings. The third-order valence-corrected chi connectivity index (χ3v) is 5.20. The van der Waals surface area contributed by atoms with E-state index in [0.29, 0.717) is 6.54 Å². The summed E-state index contributed by atoms with van der Waals surface area (Å²) < 4.78 is 2.21. The summed E-state index contributed by atoms with van der Waals surface area (Å²) in [6, 6.07) is 8.31. The van der Waals surface area contributed by atoms with Crippen LogP contribution in [0.4, 0.5) is 5.82 Å². The first-order valence-corrected chi connectivity index (χ1v) is 9.25. The van der Waals surface area contributed by atoms with Gasteiger partial charge in [-0.05, 0) is 13.0 Å². The molecular weight excluding hydrogens is 326 g/mol. The minimum absolute atomic E-state index is 0.476. The first kappa shape index (κ1) is 17.0. The number of nitrogens with zero attached hydrogens (tertiary/aromatic N) is 5. The minimum atomic E-state index is -0.476. The van der Waals surface area contributed by atoms with Crippen LogP contribution in [0.2, 0.25) is 0 Å². The molecule has 0 amide bonds. The molecule has 0 bridgehead atoms. The van der Waals surface area contributed by atoms with Crippen molar-refractivity contribution in [3.8, 4) is 0 Å². The Morgan fingerprint density at radius 3 is 2.65 bits per heavy atom. The molecule has 0 spiro atoms. The van der Waals surface area contributed by atoms with E-state index in [-0.39, 0.29) is 0 Å². The van der Waals surface area contributed by atoms with Crippen LogP contribution < -0.4 is 4.90 Å². The van der Waals surface area contributed by atoms with Crippen molar-refractivity contribution < 1.29 is 5.11 Å². The number of aryl methyl sites for hydroxylation is 1. The number of aromatic nitrogens is 3. The molecule has 2 aromatic heterocycles. The molecule has 0 unspecified atom stereocenters. The Bertz CT molecular complexity index is 855. The molecule has 136 valence electrons. The summed E-state index contributed by atoms with van der Waals surface area (Å²) in [4.78, 5) is 13.1. The largest absolute Gasteiger partial charge is 0.387 e. The van der Waals surface area contributed by atoms with Crippen LogP contribution in [0.15, 0.2) is 49.1 Å². The normalized spacial score (nSPS) is 16.9. The van der Waals surface area contributed by atoms with E-state index in [1.807, 2.05) is 12.3 Å². The first-order valence-electron chi connectivity index (χ1n) is 9.25. The second-order valence-electron chi connectivity index (χ2n) is 6.75. The van der Waals surface area contributed by atoms with E-state index in [1.54, 1.807) is 12.4 Å². The van der Waals surface area contributed by atoms with Crippen LogP contribution in [0.1, 0.15) is 18.6 Å². The highest BCUT2D eigenvalue weighted by Gasteiger charge is 2.22. The van der Waals surface area contributed by atoms with E-state index in [1.165, 1.54) is 5.52 Å². The van der Waals surface area contributed by atoms with Gasteiger partial charge < -0.3 is 14.6 Å². The standard InChI is InChI=1S/C20H25N5O/c1-2-24-14-17(16-5-3-4-6-18(16)24)19(26)15-23-9-11-25(12-10-23)20-13-21-7-8-22-20/h3-8,13-14,19,26H,2,9-12,15H2,1H3/t19-/m1/s1. The van der Waals surface area contributed by atoms with Gasteiger partial charge in [-0.1, -0.05) is 18.2 Å². The molecule has 6 heteroatoms. The molecule has 0 saturated carbocycles. The van der Waals surface area contributed by atoms with Gasteiger partial charge in [0.2, 0.25) is 0 Å². The lowest BCUT2D eigenvalue weighted by Gasteiger charge is -2.36. The Balaban J connectivity index is 1.43. The number of para-hydroxylation sites is 1. The molecule has 4 rings (SSSR count). The maximum Gasteiger partial charge on any atom is 0.147 e. The molecule has 1 aliphatic heterocycles. The summed E-state index contributed by atoms with van der Waals surface area (Å²) in [5.41, 5.74) is 2.22. The number of fused-ring (bicyclic) bond motifs is 1. The second-order valence-corrected chi connectivity index (χ2v) is 6.75. The number of rotatable bonds is 5. The van der Waals surface area contributed by atoms with Crippen molar-refractivity contribution in [2.24, 2.45) is 0 Å². The highest BCUT2D eigenvalue weighted by molar-refractivity contribution is 5.84. The van der Waals surface area contributed by atoms with Crippen molar-refractivity contribution in [3.63, 3.8) is 0 Å². The Morgan fingerprint density at radius 1 is 1.12 bits per heavy atom. The fourth-order valence-electron chi connectivity index (χ4n) is 3.76. The van der Waals surface area contributed by atoms with Crippen LogP contribution in [-0.4, -0.2) is 57.3 Å². The maximum absolute atomic E-state index is 10.9. The van der Waals surface area contributed by atoms with Crippen LogP contribution in [-0.2, 0) is 6.54 Å². The zero-order valence-corrected chi connectivity index (χ0v) is 15.1. The van der Waals surface area contributed by atoms with Gasteiger partial charge >= 0.3 is 0 Å². The predicted molar refractivity (Wildman–Crippen MR) is 103 cm³/mol. The Morgan fingerprint density at radius 2 is 1.92 bits per heavy atom. The molecule has 0 aliphatic carbocycles. The highest BCUT2D eigenvalue weighted by Crippen LogP contribution is 2.27. The maximum atomic E-state index is 10.9. The van der Waals surface area contributed by atoms with Crippen molar-refractivity contribution >= 4 is 16.7 Å². The molecule has 3 aromatic rings. The molecule has 1 N–H and O–H groups in total. The molecular formula is C20H25N5O. The van der Waals surface area contributed by atoms with E-state index < -0.39 is 6.10 Å². The molecule has 6 nitrogen and oxygen atoms in total. The van der Waals surface area contributed by atoms with Crippen LogP contribution in [0.3, 0.4) is 0 Å². The number of aliphatic hydroxyl groups excluding tert-OH is 1. The third-order valence-electron chi connectivity index (χ3n) is 5.20. The van der Waals surface area contributed by atoms with E-state index in [0.717, 1.165) is 49.5 Å². The summed E-state index contributed by atoms with van der Waals surface area (Å²) >= 11 is 0. The fourth-order valence-corrected chi connectivity index (χ4v) is 3.76. The summed E-state index contributed by atoms with van der Waals surface area (Å²) in [7, 11) is 0. The number of benzene rings is 1. The molecule has 3 heterocycles. The molecule has 0 radical (unpaired) electrons. The van der Waals surface area contributed by atoms with Gasteiger partial charge in [0.1, 0.15) is 5.82 Å². The van der Waals surface area contributed by atoms with Crippen molar-refractivity contribution in [3.05, 3.63) is 54.6 Å². The molecule has 26 heavy (non-hydrogen) atoms. The van der Waals surface area contributed by atoms with E-state index >= 15 is 0 Å². The Hall–Kier alpha value is -2.44. The third kappa shape index (κ3) is 3.30. The zero-order valence-electron chi connectivity index (χ0n) is 15.1. The van der Waals surface area contributed by atoms with E-state index in [4.69, 9.17) is 0 Å². The van der Waals surface area contributed by atoms with Gasteiger partial charge in [0.05, 0.1) is 12.3 Å². The van der Waals surface area contributed by atoms with Crippen molar-refractivity contribution in [2.75, 3.05) is 37.6 Å². The summed E-state index contributed by atoms with van der Waals surface area (Å²) in [5.74, 6) is 0.929. The average molecular weight is 351 g/mol. The van der Waals surface area contributed by atoms with Crippen LogP contribution in [0.25, 0.3) is 10.9 Å². The van der Waals surface area contributed by atoms with E-state index in [2.05, 4.69) is 55.7 Å².